The number of rotatable bonds is 8. The summed E-state index contributed by atoms with van der Waals surface area (Å²) >= 11 is 0. The van der Waals surface area contributed by atoms with E-state index in [0.29, 0.717) is 0 Å². The van der Waals surface area contributed by atoms with E-state index in [0.717, 1.165) is 0 Å². The zero-order chi connectivity index (χ0) is 12.6. The van der Waals surface area contributed by atoms with Gasteiger partial charge >= 0.3 is 11.9 Å². The first kappa shape index (κ1) is 14.8. The molecule has 0 aliphatic rings. The predicted molar refractivity (Wildman–Crippen MR) is 55.3 cm³/mol. The minimum atomic E-state index is -3.50. The van der Waals surface area contributed by atoms with Crippen LogP contribution in [0, 0.1) is 0 Å². The average Bonchev–Trinajstić information content (AvgIpc) is 2.16. The van der Waals surface area contributed by atoms with Gasteiger partial charge in [-0.2, -0.15) is 0 Å². The molecule has 16 heavy (non-hydrogen) atoms. The molecule has 0 saturated carbocycles. The van der Waals surface area contributed by atoms with Gasteiger partial charge in [0.15, 0.2) is 0 Å². The van der Waals surface area contributed by atoms with Crippen LogP contribution in [0.2, 0.25) is 0 Å². The summed E-state index contributed by atoms with van der Waals surface area (Å²) in [5, 5.41) is 8.30. The van der Waals surface area contributed by atoms with Crippen LogP contribution in [0.5, 0.6) is 0 Å². The first-order valence-electron chi connectivity index (χ1n) is 4.63. The van der Waals surface area contributed by atoms with Gasteiger partial charge in [-0.1, -0.05) is 0 Å². The van der Waals surface area contributed by atoms with Gasteiger partial charge < -0.3 is 9.84 Å². The van der Waals surface area contributed by atoms with Gasteiger partial charge in [-0.25, -0.2) is 13.1 Å². The van der Waals surface area contributed by atoms with Gasteiger partial charge in [0.05, 0.1) is 19.3 Å². The lowest BCUT2D eigenvalue weighted by atomic mass is 10.3. The molecule has 94 valence electrons. The Hall–Kier alpha value is -1.15. The van der Waals surface area contributed by atoms with E-state index in [2.05, 4.69) is 9.46 Å². The summed E-state index contributed by atoms with van der Waals surface area (Å²) in [4.78, 5) is 20.8. The van der Waals surface area contributed by atoms with Gasteiger partial charge in [-0.3, -0.25) is 9.59 Å². The summed E-state index contributed by atoms with van der Waals surface area (Å²) in [7, 11) is -2.28. The Morgan fingerprint density at radius 3 is 2.44 bits per heavy atom. The van der Waals surface area contributed by atoms with Crippen LogP contribution in [0.3, 0.4) is 0 Å². The van der Waals surface area contributed by atoms with Crippen LogP contribution in [-0.2, 0) is 24.3 Å². The molecular formula is C8H15NO6S. The molecule has 0 atom stereocenters. The zero-order valence-corrected chi connectivity index (χ0v) is 9.75. The lowest BCUT2D eigenvalue weighted by molar-refractivity contribution is -0.140. The van der Waals surface area contributed by atoms with Gasteiger partial charge in [0.25, 0.3) is 0 Å². The normalized spacial score (nSPS) is 11.1. The number of hydrogen-bond donors (Lipinski definition) is 2. The maximum absolute atomic E-state index is 11.2. The highest BCUT2D eigenvalue weighted by molar-refractivity contribution is 7.89. The number of ether oxygens (including phenoxy) is 1. The average molecular weight is 253 g/mol. The first-order chi connectivity index (χ1) is 7.37. The van der Waals surface area contributed by atoms with Crippen LogP contribution in [0.15, 0.2) is 0 Å². The number of methoxy groups -OCH3 is 1. The lowest BCUT2D eigenvalue weighted by Gasteiger charge is -2.04. The number of carboxylic acid groups (broad SMARTS) is 1. The summed E-state index contributed by atoms with van der Waals surface area (Å²) in [6.07, 6.45) is -0.0956. The van der Waals surface area contributed by atoms with E-state index in [4.69, 9.17) is 5.11 Å². The number of carbonyl (C=O) groups excluding carboxylic acids is 1. The van der Waals surface area contributed by atoms with Crippen molar-refractivity contribution >= 4 is 22.0 Å². The van der Waals surface area contributed by atoms with Gasteiger partial charge in [0.2, 0.25) is 10.0 Å². The van der Waals surface area contributed by atoms with Crippen LogP contribution >= 0.6 is 0 Å². The molecule has 0 bridgehead atoms. The highest BCUT2D eigenvalue weighted by Gasteiger charge is 2.11. The van der Waals surface area contributed by atoms with E-state index in [1.165, 1.54) is 7.11 Å². The fourth-order valence-corrected chi connectivity index (χ4v) is 1.98. The lowest BCUT2D eigenvalue weighted by Crippen LogP contribution is -2.28. The number of nitrogens with one attached hydrogen (secondary N) is 1. The zero-order valence-electron chi connectivity index (χ0n) is 8.93. The molecule has 0 amide bonds. The van der Waals surface area contributed by atoms with Crippen LogP contribution in [0.25, 0.3) is 0 Å². The molecule has 0 rings (SSSR count). The Morgan fingerprint density at radius 2 is 1.94 bits per heavy atom. The number of carboxylic acids is 1. The predicted octanol–water partition coefficient (Wildman–Crippen LogP) is -0.666. The minimum Gasteiger partial charge on any atom is -0.481 e. The summed E-state index contributed by atoms with van der Waals surface area (Å²) in [5.41, 5.74) is 0. The second-order valence-corrected chi connectivity index (χ2v) is 4.96. The van der Waals surface area contributed by atoms with Crippen molar-refractivity contribution in [1.29, 1.82) is 0 Å². The maximum Gasteiger partial charge on any atom is 0.305 e. The summed E-state index contributed by atoms with van der Waals surface area (Å²) < 4.78 is 28.9. The molecule has 0 heterocycles. The third kappa shape index (κ3) is 8.18. The number of hydrogen-bond acceptors (Lipinski definition) is 5. The van der Waals surface area contributed by atoms with Crippen molar-refractivity contribution in [3.63, 3.8) is 0 Å². The van der Waals surface area contributed by atoms with E-state index in [9.17, 15) is 18.0 Å². The number of carbonyl (C=O) groups is 2. The number of sulfonamides is 1. The largest absolute Gasteiger partial charge is 0.481 e. The van der Waals surface area contributed by atoms with E-state index < -0.39 is 22.0 Å². The standard InChI is InChI=1S/C8H15NO6S/c1-15-8(12)3-2-6-16(13,14)9-5-4-7(10)11/h9H,2-6H2,1H3,(H,10,11). The second-order valence-electron chi connectivity index (χ2n) is 3.04. The molecule has 0 aromatic heterocycles. The van der Waals surface area contributed by atoms with Crippen LogP contribution < -0.4 is 4.72 Å². The summed E-state index contributed by atoms with van der Waals surface area (Å²) in [6.45, 7) is -0.143. The quantitative estimate of drug-likeness (QED) is 0.555. The Morgan fingerprint density at radius 1 is 1.31 bits per heavy atom. The topological polar surface area (TPSA) is 110 Å². The smallest absolute Gasteiger partial charge is 0.305 e. The highest BCUT2D eigenvalue weighted by Crippen LogP contribution is 1.96. The van der Waals surface area contributed by atoms with Crippen molar-refractivity contribution in [3.8, 4) is 0 Å². The monoisotopic (exact) mass is 253 g/mol. The minimum absolute atomic E-state index is 0.0241. The van der Waals surface area contributed by atoms with Crippen molar-refractivity contribution in [2.75, 3.05) is 19.4 Å². The van der Waals surface area contributed by atoms with Crippen molar-refractivity contribution < 1.29 is 27.9 Å². The molecule has 0 radical (unpaired) electrons. The van der Waals surface area contributed by atoms with E-state index in [-0.39, 0.29) is 31.6 Å². The van der Waals surface area contributed by atoms with E-state index >= 15 is 0 Å². The first-order valence-corrected chi connectivity index (χ1v) is 6.28. The Labute approximate surface area is 93.8 Å². The third-order valence-electron chi connectivity index (χ3n) is 1.68. The molecule has 0 aromatic carbocycles. The molecule has 0 saturated heterocycles. The van der Waals surface area contributed by atoms with Crippen LogP contribution in [0.1, 0.15) is 19.3 Å². The fourth-order valence-electron chi connectivity index (χ4n) is 0.894. The summed E-state index contributed by atoms with van der Waals surface area (Å²) in [6, 6.07) is 0. The highest BCUT2D eigenvalue weighted by atomic mass is 32.2. The van der Waals surface area contributed by atoms with Gasteiger partial charge in [0.1, 0.15) is 0 Å². The molecule has 0 aliphatic heterocycles. The molecule has 0 spiro atoms. The molecule has 0 aromatic rings. The third-order valence-corrected chi connectivity index (χ3v) is 3.15. The van der Waals surface area contributed by atoms with Crippen LogP contribution in [-0.4, -0.2) is 44.9 Å². The molecule has 2 N–H and O–H groups in total. The molecule has 8 heteroatoms. The molecular weight excluding hydrogens is 238 g/mol. The Balaban J connectivity index is 3.79. The van der Waals surface area contributed by atoms with Crippen molar-refractivity contribution in [1.82, 2.24) is 4.72 Å². The number of aliphatic carboxylic acids is 1. The van der Waals surface area contributed by atoms with Gasteiger partial charge in [0, 0.05) is 13.0 Å². The maximum atomic E-state index is 11.2. The van der Waals surface area contributed by atoms with E-state index in [1.54, 1.807) is 0 Å². The second kappa shape index (κ2) is 7.18. The molecule has 0 unspecified atom stereocenters. The van der Waals surface area contributed by atoms with E-state index in [1.807, 2.05) is 0 Å². The molecule has 0 aliphatic carbocycles. The van der Waals surface area contributed by atoms with Crippen molar-refractivity contribution in [2.45, 2.75) is 19.3 Å². The van der Waals surface area contributed by atoms with Gasteiger partial charge in [-0.15, -0.1) is 0 Å². The van der Waals surface area contributed by atoms with Crippen molar-refractivity contribution in [2.24, 2.45) is 0 Å². The molecule has 0 fully saturated rings. The SMILES string of the molecule is COC(=O)CCCS(=O)(=O)NCCC(=O)O. The molecule has 7 nitrogen and oxygen atoms in total. The number of esters is 1. The Kier molecular flexibility index (Phi) is 6.66. The van der Waals surface area contributed by atoms with Crippen LogP contribution in [0.4, 0.5) is 0 Å². The Bertz CT molecular complexity index is 336. The fraction of sp³-hybridized carbons (Fsp3) is 0.750. The van der Waals surface area contributed by atoms with Gasteiger partial charge in [-0.05, 0) is 6.42 Å². The summed E-state index contributed by atoms with van der Waals surface area (Å²) in [5.74, 6) is -1.76. The van der Waals surface area contributed by atoms with Crippen molar-refractivity contribution in [3.05, 3.63) is 0 Å².